The summed E-state index contributed by atoms with van der Waals surface area (Å²) in [4.78, 5) is 22.9. The largest absolute Gasteiger partial charge is 0.481 e. The number of carboxylic acid groups (broad SMARTS) is 1. The summed E-state index contributed by atoms with van der Waals surface area (Å²) in [6, 6.07) is 0. The lowest BCUT2D eigenvalue weighted by molar-refractivity contribution is -0.154. The highest BCUT2D eigenvalue weighted by atomic mass is 16.5. The van der Waals surface area contributed by atoms with Gasteiger partial charge in [0.15, 0.2) is 0 Å². The number of fused-ring (bicyclic) bond motifs is 5. The standard InChI is InChI=1S/C31H50O4/c1-20(2)7-6-8-21(3)25-11-12-26-24-10-9-22-19-23(35-29(34)14-13-28(32)33)15-17-30(22,4)27(24)16-18-31(25,26)5/h9,20-21,23-27H,6-8,10-19H2,1-5H3,(H,32,33)/t21?,23?,24?,25-,26?,27?,30?,31?/m1/s1. The summed E-state index contributed by atoms with van der Waals surface area (Å²) in [6.07, 6.45) is 16.0. The molecule has 0 amide bonds. The van der Waals surface area contributed by atoms with Crippen molar-refractivity contribution in [3.8, 4) is 0 Å². The van der Waals surface area contributed by atoms with Gasteiger partial charge in [0.1, 0.15) is 6.10 Å². The van der Waals surface area contributed by atoms with Crippen molar-refractivity contribution in [2.75, 3.05) is 0 Å². The number of carbonyl (C=O) groups excluding carboxylic acids is 1. The molecule has 4 rings (SSSR count). The average molecular weight is 487 g/mol. The first-order chi connectivity index (χ1) is 16.5. The number of hydrogen-bond donors (Lipinski definition) is 1. The minimum atomic E-state index is -0.942. The van der Waals surface area contributed by atoms with Crippen LogP contribution < -0.4 is 0 Å². The van der Waals surface area contributed by atoms with Gasteiger partial charge in [-0.05, 0) is 91.3 Å². The van der Waals surface area contributed by atoms with Crippen molar-refractivity contribution in [1.29, 1.82) is 0 Å². The number of carbonyl (C=O) groups is 2. The Kier molecular flexibility index (Phi) is 8.08. The van der Waals surface area contributed by atoms with Crippen LogP contribution in [-0.2, 0) is 14.3 Å². The highest BCUT2D eigenvalue weighted by Gasteiger charge is 2.59. The minimum Gasteiger partial charge on any atom is -0.481 e. The summed E-state index contributed by atoms with van der Waals surface area (Å²) >= 11 is 0. The highest BCUT2D eigenvalue weighted by molar-refractivity contribution is 5.76. The van der Waals surface area contributed by atoms with E-state index in [9.17, 15) is 9.59 Å². The van der Waals surface area contributed by atoms with Crippen molar-refractivity contribution in [3.63, 3.8) is 0 Å². The fourth-order valence-corrected chi connectivity index (χ4v) is 9.21. The molecule has 4 nitrogen and oxygen atoms in total. The summed E-state index contributed by atoms with van der Waals surface area (Å²) in [5.41, 5.74) is 2.27. The lowest BCUT2D eigenvalue weighted by atomic mass is 9.47. The molecular formula is C31H50O4. The second-order valence-corrected chi connectivity index (χ2v) is 13.5. The zero-order valence-corrected chi connectivity index (χ0v) is 23.0. The molecule has 1 N–H and O–H groups in total. The van der Waals surface area contributed by atoms with Gasteiger partial charge in [-0.3, -0.25) is 9.59 Å². The average Bonchev–Trinajstić information content (AvgIpc) is 3.15. The van der Waals surface area contributed by atoms with Crippen molar-refractivity contribution in [2.24, 2.45) is 46.3 Å². The molecule has 4 aliphatic carbocycles. The van der Waals surface area contributed by atoms with E-state index in [1.807, 2.05) is 0 Å². The Labute approximate surface area is 213 Å². The first-order valence-corrected chi connectivity index (χ1v) is 14.7. The molecule has 0 heterocycles. The van der Waals surface area contributed by atoms with Crippen molar-refractivity contribution < 1.29 is 19.4 Å². The maximum Gasteiger partial charge on any atom is 0.306 e. The van der Waals surface area contributed by atoms with Crippen LogP contribution in [-0.4, -0.2) is 23.1 Å². The van der Waals surface area contributed by atoms with Crippen LogP contribution in [0.15, 0.2) is 11.6 Å². The molecule has 4 heteroatoms. The third-order valence-electron chi connectivity index (χ3n) is 11.1. The number of carboxylic acids is 1. The van der Waals surface area contributed by atoms with Gasteiger partial charge in [0.25, 0.3) is 0 Å². The van der Waals surface area contributed by atoms with Gasteiger partial charge in [0, 0.05) is 6.42 Å². The molecular weight excluding hydrogens is 436 g/mol. The van der Waals surface area contributed by atoms with Crippen LogP contribution in [0.4, 0.5) is 0 Å². The monoisotopic (exact) mass is 486 g/mol. The Bertz CT molecular complexity index is 815. The molecule has 7 unspecified atom stereocenters. The normalized spacial score (nSPS) is 39.3. The topological polar surface area (TPSA) is 63.6 Å². The zero-order chi connectivity index (χ0) is 25.4. The summed E-state index contributed by atoms with van der Waals surface area (Å²) in [7, 11) is 0. The van der Waals surface area contributed by atoms with Gasteiger partial charge in [0.05, 0.1) is 12.8 Å². The molecule has 3 fully saturated rings. The predicted octanol–water partition coefficient (Wildman–Crippen LogP) is 7.80. The Balaban J connectivity index is 1.40. The molecule has 3 saturated carbocycles. The molecule has 198 valence electrons. The van der Waals surface area contributed by atoms with Gasteiger partial charge < -0.3 is 9.84 Å². The van der Waals surface area contributed by atoms with Crippen molar-refractivity contribution in [1.82, 2.24) is 0 Å². The molecule has 0 aromatic carbocycles. The maximum absolute atomic E-state index is 12.1. The summed E-state index contributed by atoms with van der Waals surface area (Å²) in [6.45, 7) is 12.4. The Morgan fingerprint density at radius 3 is 2.51 bits per heavy atom. The van der Waals surface area contributed by atoms with Crippen LogP contribution in [0, 0.1) is 46.3 Å². The smallest absolute Gasteiger partial charge is 0.306 e. The molecule has 0 aromatic heterocycles. The van der Waals surface area contributed by atoms with Crippen LogP contribution in [0.25, 0.3) is 0 Å². The fourth-order valence-electron chi connectivity index (χ4n) is 9.21. The van der Waals surface area contributed by atoms with Crippen molar-refractivity contribution >= 4 is 11.9 Å². The molecule has 0 bridgehead atoms. The number of ether oxygens (including phenoxy) is 1. The fraction of sp³-hybridized carbons (Fsp3) is 0.871. The Morgan fingerprint density at radius 2 is 1.80 bits per heavy atom. The number of allylic oxidation sites excluding steroid dienone is 1. The SMILES string of the molecule is CC(C)CCCC(C)[C@H]1CCC2C3CC=C4CC(OC(=O)CCC(=O)O)CCC4(C)C3CCC21C. The molecule has 0 saturated heterocycles. The first-order valence-electron chi connectivity index (χ1n) is 14.7. The third kappa shape index (κ3) is 5.37. The van der Waals surface area contributed by atoms with Crippen LogP contribution in [0.1, 0.15) is 118 Å². The van der Waals surface area contributed by atoms with E-state index in [-0.39, 0.29) is 30.3 Å². The zero-order valence-electron chi connectivity index (χ0n) is 23.0. The third-order valence-corrected chi connectivity index (χ3v) is 11.1. The van der Waals surface area contributed by atoms with E-state index in [2.05, 4.69) is 40.7 Å². The minimum absolute atomic E-state index is 0.0236. The number of rotatable bonds is 9. The van der Waals surface area contributed by atoms with Crippen molar-refractivity contribution in [2.45, 2.75) is 124 Å². The summed E-state index contributed by atoms with van der Waals surface area (Å²) < 4.78 is 5.70. The van der Waals surface area contributed by atoms with E-state index < -0.39 is 5.97 Å². The van der Waals surface area contributed by atoms with Crippen LogP contribution in [0.2, 0.25) is 0 Å². The lowest BCUT2D eigenvalue weighted by Gasteiger charge is -2.58. The number of aliphatic carboxylic acids is 1. The first kappa shape index (κ1) is 26.7. The maximum atomic E-state index is 12.1. The van der Waals surface area contributed by atoms with E-state index in [4.69, 9.17) is 9.84 Å². The Hall–Kier alpha value is -1.32. The second kappa shape index (κ2) is 10.6. The van der Waals surface area contributed by atoms with Gasteiger partial charge >= 0.3 is 11.9 Å². The highest BCUT2D eigenvalue weighted by Crippen LogP contribution is 2.67. The number of esters is 1. The van der Waals surface area contributed by atoms with E-state index in [0.29, 0.717) is 5.41 Å². The molecule has 4 aliphatic rings. The number of hydrogen-bond acceptors (Lipinski definition) is 3. The van der Waals surface area contributed by atoms with E-state index >= 15 is 0 Å². The van der Waals surface area contributed by atoms with Gasteiger partial charge in [-0.2, -0.15) is 0 Å². The van der Waals surface area contributed by atoms with Gasteiger partial charge in [0.2, 0.25) is 0 Å². The van der Waals surface area contributed by atoms with Crippen LogP contribution >= 0.6 is 0 Å². The van der Waals surface area contributed by atoms with Crippen LogP contribution in [0.5, 0.6) is 0 Å². The quantitative estimate of drug-likeness (QED) is 0.267. The molecule has 35 heavy (non-hydrogen) atoms. The Morgan fingerprint density at radius 1 is 1.03 bits per heavy atom. The second-order valence-electron chi connectivity index (χ2n) is 13.5. The molecule has 0 aromatic rings. The summed E-state index contributed by atoms with van der Waals surface area (Å²) in [5, 5.41) is 8.84. The van der Waals surface area contributed by atoms with Crippen LogP contribution in [0.3, 0.4) is 0 Å². The predicted molar refractivity (Wildman–Crippen MR) is 140 cm³/mol. The van der Waals surface area contributed by atoms with Gasteiger partial charge in [-0.15, -0.1) is 0 Å². The molecule has 0 spiro atoms. The summed E-state index contributed by atoms with van der Waals surface area (Å²) in [5.74, 6) is 3.68. The van der Waals surface area contributed by atoms with Crippen molar-refractivity contribution in [3.05, 3.63) is 11.6 Å². The van der Waals surface area contributed by atoms with E-state index in [1.54, 1.807) is 0 Å². The van der Waals surface area contributed by atoms with E-state index in [1.165, 1.54) is 56.9 Å². The van der Waals surface area contributed by atoms with Gasteiger partial charge in [-0.1, -0.05) is 65.5 Å². The lowest BCUT2D eigenvalue weighted by Crippen LogP contribution is -2.51. The molecule has 8 atom stereocenters. The van der Waals surface area contributed by atoms with Gasteiger partial charge in [-0.25, -0.2) is 0 Å². The molecule has 0 radical (unpaired) electrons. The molecule has 0 aliphatic heterocycles. The van der Waals surface area contributed by atoms with E-state index in [0.717, 1.165) is 54.8 Å².